The van der Waals surface area contributed by atoms with Crippen molar-refractivity contribution in [1.82, 2.24) is 9.97 Å². The van der Waals surface area contributed by atoms with E-state index in [0.29, 0.717) is 5.95 Å². The molecule has 108 valence electrons. The molecule has 0 aromatic carbocycles. The number of ether oxygens (including phenoxy) is 1. The van der Waals surface area contributed by atoms with Gasteiger partial charge in [0.2, 0.25) is 5.95 Å². The summed E-state index contributed by atoms with van der Waals surface area (Å²) in [5.74, 6) is 1.61. The highest BCUT2D eigenvalue weighted by molar-refractivity contribution is 7.16. The number of nitrogens with one attached hydrogen (secondary N) is 2. The van der Waals surface area contributed by atoms with E-state index in [-0.39, 0.29) is 5.54 Å². The molecule has 5 nitrogen and oxygen atoms in total. The third-order valence-electron chi connectivity index (χ3n) is 3.50. The number of nitrogens with zero attached hydrogens (tertiary/aromatic N) is 2. The number of thiophene rings is 1. The van der Waals surface area contributed by atoms with E-state index in [2.05, 4.69) is 45.9 Å². The van der Waals surface area contributed by atoms with Crippen LogP contribution in [0.1, 0.15) is 26.7 Å². The van der Waals surface area contributed by atoms with Gasteiger partial charge in [-0.1, -0.05) is 6.92 Å². The SMILES string of the molecule is CCCNc1nc(NC2(C)CCOC2)c2ccsc2n1. The Morgan fingerprint density at radius 2 is 2.35 bits per heavy atom. The third-order valence-corrected chi connectivity index (χ3v) is 4.30. The van der Waals surface area contributed by atoms with E-state index in [4.69, 9.17) is 4.74 Å². The van der Waals surface area contributed by atoms with E-state index in [1.165, 1.54) is 0 Å². The maximum Gasteiger partial charge on any atom is 0.226 e. The van der Waals surface area contributed by atoms with Crippen LogP contribution >= 0.6 is 11.3 Å². The van der Waals surface area contributed by atoms with Gasteiger partial charge in [0.25, 0.3) is 0 Å². The molecule has 1 unspecified atom stereocenters. The molecule has 3 heterocycles. The first-order valence-corrected chi connectivity index (χ1v) is 7.93. The van der Waals surface area contributed by atoms with E-state index in [9.17, 15) is 0 Å². The van der Waals surface area contributed by atoms with Crippen molar-refractivity contribution in [3.05, 3.63) is 11.4 Å². The van der Waals surface area contributed by atoms with Gasteiger partial charge in [-0.3, -0.25) is 0 Å². The Kier molecular flexibility index (Phi) is 3.76. The summed E-state index contributed by atoms with van der Waals surface area (Å²) < 4.78 is 5.50. The van der Waals surface area contributed by atoms with E-state index >= 15 is 0 Å². The molecule has 1 fully saturated rings. The first-order valence-electron chi connectivity index (χ1n) is 7.05. The molecular weight excluding hydrogens is 272 g/mol. The Balaban J connectivity index is 1.92. The molecule has 0 aliphatic carbocycles. The van der Waals surface area contributed by atoms with Crippen molar-refractivity contribution < 1.29 is 4.74 Å². The molecule has 0 radical (unpaired) electrons. The van der Waals surface area contributed by atoms with Crippen molar-refractivity contribution in [3.63, 3.8) is 0 Å². The summed E-state index contributed by atoms with van der Waals surface area (Å²) in [6.45, 7) is 6.73. The van der Waals surface area contributed by atoms with Crippen LogP contribution in [-0.4, -0.2) is 35.3 Å². The van der Waals surface area contributed by atoms with Crippen molar-refractivity contribution in [3.8, 4) is 0 Å². The molecule has 1 aliphatic heterocycles. The average molecular weight is 292 g/mol. The van der Waals surface area contributed by atoms with Gasteiger partial charge in [0, 0.05) is 13.2 Å². The van der Waals surface area contributed by atoms with Crippen LogP contribution in [0.5, 0.6) is 0 Å². The highest BCUT2D eigenvalue weighted by Crippen LogP contribution is 2.30. The first-order chi connectivity index (χ1) is 9.70. The second kappa shape index (κ2) is 5.54. The van der Waals surface area contributed by atoms with Crippen molar-refractivity contribution in [1.29, 1.82) is 0 Å². The van der Waals surface area contributed by atoms with Gasteiger partial charge in [0.1, 0.15) is 10.6 Å². The van der Waals surface area contributed by atoms with Crippen molar-refractivity contribution >= 4 is 33.3 Å². The molecule has 20 heavy (non-hydrogen) atoms. The number of aromatic nitrogens is 2. The summed E-state index contributed by atoms with van der Waals surface area (Å²) in [6, 6.07) is 2.07. The van der Waals surface area contributed by atoms with E-state index in [1.807, 2.05) is 0 Å². The van der Waals surface area contributed by atoms with Crippen LogP contribution in [0.3, 0.4) is 0 Å². The molecule has 1 atom stereocenters. The first kappa shape index (κ1) is 13.6. The Morgan fingerprint density at radius 1 is 1.45 bits per heavy atom. The summed E-state index contributed by atoms with van der Waals surface area (Å²) in [7, 11) is 0. The smallest absolute Gasteiger partial charge is 0.226 e. The molecule has 3 rings (SSSR count). The van der Waals surface area contributed by atoms with Crippen molar-refractivity contribution in [2.75, 3.05) is 30.4 Å². The topological polar surface area (TPSA) is 59.1 Å². The number of rotatable bonds is 5. The molecule has 6 heteroatoms. The number of hydrogen-bond donors (Lipinski definition) is 2. The van der Waals surface area contributed by atoms with Crippen LogP contribution in [0.4, 0.5) is 11.8 Å². The highest BCUT2D eigenvalue weighted by Gasteiger charge is 2.30. The second-order valence-electron chi connectivity index (χ2n) is 5.45. The molecule has 2 aromatic rings. The normalized spacial score (nSPS) is 22.3. The monoisotopic (exact) mass is 292 g/mol. The average Bonchev–Trinajstić information content (AvgIpc) is 3.05. The fraction of sp³-hybridized carbons (Fsp3) is 0.571. The lowest BCUT2D eigenvalue weighted by molar-refractivity contribution is 0.185. The Bertz CT molecular complexity index is 592. The summed E-state index contributed by atoms with van der Waals surface area (Å²) >= 11 is 1.64. The Labute approximate surface area is 122 Å². The lowest BCUT2D eigenvalue weighted by Crippen LogP contribution is -2.35. The lowest BCUT2D eigenvalue weighted by atomic mass is 10.0. The van der Waals surface area contributed by atoms with Crippen LogP contribution in [0.15, 0.2) is 11.4 Å². The van der Waals surface area contributed by atoms with Crippen LogP contribution in [0.2, 0.25) is 0 Å². The zero-order valence-electron chi connectivity index (χ0n) is 11.9. The predicted molar refractivity (Wildman–Crippen MR) is 83.7 cm³/mol. The second-order valence-corrected chi connectivity index (χ2v) is 6.34. The van der Waals surface area contributed by atoms with Crippen molar-refractivity contribution in [2.45, 2.75) is 32.2 Å². The summed E-state index contributed by atoms with van der Waals surface area (Å²) in [4.78, 5) is 10.2. The Morgan fingerprint density at radius 3 is 3.10 bits per heavy atom. The van der Waals surface area contributed by atoms with Crippen molar-refractivity contribution in [2.24, 2.45) is 0 Å². The molecule has 2 N–H and O–H groups in total. The number of hydrogen-bond acceptors (Lipinski definition) is 6. The Hall–Kier alpha value is -1.40. The fourth-order valence-corrected chi connectivity index (χ4v) is 3.08. The molecular formula is C14H20N4OS. The molecule has 1 aliphatic rings. The van der Waals surface area contributed by atoms with Gasteiger partial charge >= 0.3 is 0 Å². The number of fused-ring (bicyclic) bond motifs is 1. The maximum atomic E-state index is 5.50. The predicted octanol–water partition coefficient (Wildman–Crippen LogP) is 3.10. The fourth-order valence-electron chi connectivity index (χ4n) is 2.32. The van der Waals surface area contributed by atoms with E-state index in [1.54, 1.807) is 11.3 Å². The third kappa shape index (κ3) is 2.71. The summed E-state index contributed by atoms with van der Waals surface area (Å²) in [5, 5.41) is 9.97. The lowest BCUT2D eigenvalue weighted by Gasteiger charge is -2.24. The van der Waals surface area contributed by atoms with Gasteiger partial charge < -0.3 is 15.4 Å². The highest BCUT2D eigenvalue weighted by atomic mass is 32.1. The molecule has 0 amide bonds. The van der Waals surface area contributed by atoms with Gasteiger partial charge in [-0.2, -0.15) is 4.98 Å². The number of anilines is 2. The van der Waals surface area contributed by atoms with Crippen LogP contribution < -0.4 is 10.6 Å². The largest absolute Gasteiger partial charge is 0.379 e. The van der Waals surface area contributed by atoms with Crippen LogP contribution in [0, 0.1) is 0 Å². The summed E-state index contributed by atoms with van der Waals surface area (Å²) in [5.41, 5.74) is -0.0365. The van der Waals surface area contributed by atoms with Crippen LogP contribution in [0.25, 0.3) is 10.2 Å². The van der Waals surface area contributed by atoms with E-state index in [0.717, 1.165) is 48.6 Å². The summed E-state index contributed by atoms with van der Waals surface area (Å²) in [6.07, 6.45) is 2.06. The minimum absolute atomic E-state index is 0.0365. The van der Waals surface area contributed by atoms with Crippen LogP contribution in [-0.2, 0) is 4.74 Å². The zero-order valence-corrected chi connectivity index (χ0v) is 12.7. The molecule has 0 spiro atoms. The zero-order chi connectivity index (χ0) is 14.0. The standard InChI is InChI=1S/C14H20N4OS/c1-3-6-15-13-16-11(10-4-8-20-12(10)17-13)18-14(2)5-7-19-9-14/h4,8H,3,5-7,9H2,1-2H3,(H2,15,16,17,18). The minimum atomic E-state index is -0.0365. The quantitative estimate of drug-likeness (QED) is 0.886. The van der Waals surface area contributed by atoms with Gasteiger partial charge in [0.15, 0.2) is 0 Å². The minimum Gasteiger partial charge on any atom is -0.379 e. The molecule has 0 bridgehead atoms. The van der Waals surface area contributed by atoms with Gasteiger partial charge in [-0.25, -0.2) is 4.98 Å². The molecule has 0 saturated carbocycles. The van der Waals surface area contributed by atoms with Gasteiger partial charge in [0.05, 0.1) is 17.5 Å². The molecule has 1 saturated heterocycles. The maximum absolute atomic E-state index is 5.50. The van der Waals surface area contributed by atoms with Gasteiger partial charge in [-0.15, -0.1) is 11.3 Å². The molecule has 2 aromatic heterocycles. The van der Waals surface area contributed by atoms with E-state index < -0.39 is 0 Å². The van der Waals surface area contributed by atoms with Gasteiger partial charge in [-0.05, 0) is 31.2 Å².